The summed E-state index contributed by atoms with van der Waals surface area (Å²) in [5, 5.41) is 2.65. The van der Waals surface area contributed by atoms with Crippen molar-refractivity contribution in [2.24, 2.45) is 0 Å². The Morgan fingerprint density at radius 3 is 1.81 bits per heavy atom. The summed E-state index contributed by atoms with van der Waals surface area (Å²) < 4.78 is 49.0. The Hall–Kier alpha value is -2.23. The number of hydrogen-bond donors (Lipinski definition) is 1. The number of rotatable bonds is 6. The highest BCUT2D eigenvalue weighted by atomic mass is 32.2. The van der Waals surface area contributed by atoms with E-state index in [1.165, 1.54) is 59.9 Å². The molecule has 0 unspecified atom stereocenters. The second-order valence-electron chi connectivity index (χ2n) is 6.39. The number of benzene rings is 2. The summed E-state index contributed by atoms with van der Waals surface area (Å²) >= 11 is 0. The normalized spacial score (nSPS) is 12.4. The first-order chi connectivity index (χ1) is 12.4. The van der Waals surface area contributed by atoms with Gasteiger partial charge in [0.05, 0.1) is 9.79 Å². The molecule has 0 aromatic heterocycles. The molecule has 146 valence electrons. The van der Waals surface area contributed by atoms with Gasteiger partial charge in [-0.05, 0) is 62.4 Å². The third-order valence-electron chi connectivity index (χ3n) is 4.06. The van der Waals surface area contributed by atoms with E-state index in [1.807, 2.05) is 0 Å². The third kappa shape index (κ3) is 4.94. The van der Waals surface area contributed by atoms with Crippen LogP contribution in [0.5, 0.6) is 0 Å². The molecule has 2 aromatic rings. The number of sulfonamides is 1. The van der Waals surface area contributed by atoms with E-state index in [0.29, 0.717) is 11.3 Å². The molecular formula is C18H22N2O5S2. The molecule has 7 nitrogen and oxygen atoms in total. The summed E-state index contributed by atoms with van der Waals surface area (Å²) in [6.45, 7) is 3.56. The fourth-order valence-corrected chi connectivity index (χ4v) is 4.21. The van der Waals surface area contributed by atoms with Crippen molar-refractivity contribution in [2.75, 3.05) is 18.6 Å². The van der Waals surface area contributed by atoms with E-state index < -0.39 is 25.8 Å². The maximum atomic E-state index is 12.4. The lowest BCUT2D eigenvalue weighted by molar-refractivity contribution is 0.102. The van der Waals surface area contributed by atoms with Crippen LogP contribution in [0.1, 0.15) is 24.2 Å². The summed E-state index contributed by atoms with van der Waals surface area (Å²) in [6.07, 6.45) is 1.09. The Kier molecular flexibility index (Phi) is 6.08. The van der Waals surface area contributed by atoms with Crippen molar-refractivity contribution < 1.29 is 21.6 Å². The lowest BCUT2D eigenvalue weighted by Gasteiger charge is -2.21. The van der Waals surface area contributed by atoms with Crippen LogP contribution in [0.2, 0.25) is 0 Å². The molecule has 0 fully saturated rings. The van der Waals surface area contributed by atoms with Crippen molar-refractivity contribution in [2.45, 2.75) is 29.7 Å². The summed E-state index contributed by atoms with van der Waals surface area (Å²) in [5.74, 6) is -0.426. The molecule has 0 aliphatic heterocycles. The molecule has 0 spiro atoms. The van der Waals surface area contributed by atoms with Crippen LogP contribution in [-0.4, -0.2) is 46.4 Å². The number of nitrogens with zero attached hydrogens (tertiary/aromatic N) is 1. The molecule has 0 saturated carbocycles. The fraction of sp³-hybridized carbons (Fsp3) is 0.278. The van der Waals surface area contributed by atoms with Gasteiger partial charge in [-0.1, -0.05) is 0 Å². The van der Waals surface area contributed by atoms with Crippen LogP contribution in [0.25, 0.3) is 0 Å². The first-order valence-corrected chi connectivity index (χ1v) is 11.5. The van der Waals surface area contributed by atoms with E-state index in [9.17, 15) is 21.6 Å². The molecule has 0 aliphatic rings. The number of carbonyl (C=O) groups excluding carboxylic acids is 1. The molecule has 1 amide bonds. The monoisotopic (exact) mass is 410 g/mol. The second-order valence-corrected chi connectivity index (χ2v) is 10.4. The number of amides is 1. The van der Waals surface area contributed by atoms with E-state index in [4.69, 9.17) is 0 Å². The van der Waals surface area contributed by atoms with Gasteiger partial charge in [-0.25, -0.2) is 16.8 Å². The Labute approximate surface area is 160 Å². The zero-order valence-corrected chi connectivity index (χ0v) is 17.1. The maximum absolute atomic E-state index is 12.4. The van der Waals surface area contributed by atoms with Crippen LogP contribution in [0.15, 0.2) is 58.3 Å². The molecule has 0 atom stereocenters. The van der Waals surface area contributed by atoms with Crippen LogP contribution >= 0.6 is 0 Å². The summed E-state index contributed by atoms with van der Waals surface area (Å²) in [4.78, 5) is 12.5. The number of carbonyl (C=O) groups is 1. The van der Waals surface area contributed by atoms with Gasteiger partial charge in [-0.15, -0.1) is 0 Å². The number of nitrogens with one attached hydrogen (secondary N) is 1. The average molecular weight is 411 g/mol. The van der Waals surface area contributed by atoms with Gasteiger partial charge in [0.25, 0.3) is 5.91 Å². The summed E-state index contributed by atoms with van der Waals surface area (Å²) in [6, 6.07) is 11.2. The Bertz CT molecular complexity index is 1030. The molecule has 2 aromatic carbocycles. The van der Waals surface area contributed by atoms with E-state index in [1.54, 1.807) is 13.8 Å². The maximum Gasteiger partial charge on any atom is 0.255 e. The third-order valence-corrected chi connectivity index (χ3v) is 7.24. The van der Waals surface area contributed by atoms with Gasteiger partial charge in [0.15, 0.2) is 9.84 Å². The topological polar surface area (TPSA) is 101 Å². The van der Waals surface area contributed by atoms with Crippen LogP contribution in [-0.2, 0) is 19.9 Å². The predicted molar refractivity (Wildman–Crippen MR) is 104 cm³/mol. The van der Waals surface area contributed by atoms with Gasteiger partial charge in [-0.2, -0.15) is 4.31 Å². The molecular weight excluding hydrogens is 388 g/mol. The first-order valence-electron chi connectivity index (χ1n) is 8.12. The average Bonchev–Trinajstić information content (AvgIpc) is 2.60. The Morgan fingerprint density at radius 1 is 0.889 bits per heavy atom. The van der Waals surface area contributed by atoms with Crippen molar-refractivity contribution in [3.05, 3.63) is 54.1 Å². The van der Waals surface area contributed by atoms with Gasteiger partial charge in [-0.3, -0.25) is 4.79 Å². The highest BCUT2D eigenvalue weighted by Crippen LogP contribution is 2.19. The van der Waals surface area contributed by atoms with Crippen molar-refractivity contribution >= 4 is 31.5 Å². The number of anilines is 1. The molecule has 2 rings (SSSR count). The largest absolute Gasteiger partial charge is 0.322 e. The second kappa shape index (κ2) is 7.79. The van der Waals surface area contributed by atoms with Gasteiger partial charge < -0.3 is 5.32 Å². The quantitative estimate of drug-likeness (QED) is 0.788. The Morgan fingerprint density at radius 2 is 1.37 bits per heavy atom. The van der Waals surface area contributed by atoms with Gasteiger partial charge >= 0.3 is 0 Å². The lowest BCUT2D eigenvalue weighted by Crippen LogP contribution is -2.33. The summed E-state index contributed by atoms with van der Waals surface area (Å²) in [5.41, 5.74) is 0.719. The van der Waals surface area contributed by atoms with Crippen LogP contribution in [0.3, 0.4) is 0 Å². The van der Waals surface area contributed by atoms with E-state index >= 15 is 0 Å². The SMILES string of the molecule is CC(C)N(C)S(=O)(=O)c1ccc(NC(=O)c2ccc(S(C)(=O)=O)cc2)cc1. The minimum atomic E-state index is -3.59. The predicted octanol–water partition coefficient (Wildman–Crippen LogP) is 2.37. The molecule has 1 N–H and O–H groups in total. The minimum Gasteiger partial charge on any atom is -0.322 e. The van der Waals surface area contributed by atoms with E-state index in [0.717, 1.165) is 6.26 Å². The van der Waals surface area contributed by atoms with Gasteiger partial charge in [0, 0.05) is 30.6 Å². The van der Waals surface area contributed by atoms with Crippen molar-refractivity contribution in [1.29, 1.82) is 0 Å². The molecule has 0 aliphatic carbocycles. The standard InChI is InChI=1S/C18H22N2O5S2/c1-13(2)20(3)27(24,25)17-11-7-15(8-12-17)19-18(21)14-5-9-16(10-6-14)26(4,22)23/h5-13H,1-4H3,(H,19,21). The lowest BCUT2D eigenvalue weighted by atomic mass is 10.2. The zero-order valence-electron chi connectivity index (χ0n) is 15.5. The summed E-state index contributed by atoms with van der Waals surface area (Å²) in [7, 11) is -5.41. The molecule has 9 heteroatoms. The van der Waals surface area contributed by atoms with Crippen LogP contribution in [0.4, 0.5) is 5.69 Å². The van der Waals surface area contributed by atoms with Crippen molar-refractivity contribution in [3.63, 3.8) is 0 Å². The zero-order chi connectivity index (χ0) is 20.4. The minimum absolute atomic E-state index is 0.128. The number of sulfone groups is 1. The molecule has 0 bridgehead atoms. The van der Waals surface area contributed by atoms with Crippen LogP contribution < -0.4 is 5.32 Å². The van der Waals surface area contributed by atoms with Crippen molar-refractivity contribution in [3.8, 4) is 0 Å². The Balaban J connectivity index is 2.16. The number of hydrogen-bond acceptors (Lipinski definition) is 5. The molecule has 27 heavy (non-hydrogen) atoms. The van der Waals surface area contributed by atoms with Gasteiger partial charge in [0.1, 0.15) is 0 Å². The first kappa shape index (κ1) is 21.1. The van der Waals surface area contributed by atoms with E-state index in [-0.39, 0.29) is 15.8 Å². The fourth-order valence-electron chi connectivity index (χ4n) is 2.21. The highest BCUT2D eigenvalue weighted by molar-refractivity contribution is 7.90. The molecule has 0 heterocycles. The molecule has 0 radical (unpaired) electrons. The van der Waals surface area contributed by atoms with Crippen molar-refractivity contribution in [1.82, 2.24) is 4.31 Å². The highest BCUT2D eigenvalue weighted by Gasteiger charge is 2.22. The molecule has 0 saturated heterocycles. The van der Waals surface area contributed by atoms with E-state index in [2.05, 4.69) is 5.32 Å². The smallest absolute Gasteiger partial charge is 0.255 e. The van der Waals surface area contributed by atoms with Crippen LogP contribution in [0, 0.1) is 0 Å². The van der Waals surface area contributed by atoms with Gasteiger partial charge in [0.2, 0.25) is 10.0 Å².